The molecule has 0 aromatic carbocycles. The van der Waals surface area contributed by atoms with E-state index in [0.717, 1.165) is 47.2 Å². The normalized spacial score (nSPS) is 18.7. The van der Waals surface area contributed by atoms with Crippen LogP contribution in [0.3, 0.4) is 0 Å². The average Bonchev–Trinajstić information content (AvgIpc) is 2.98. The first-order valence-electron chi connectivity index (χ1n) is 9.24. The van der Waals surface area contributed by atoms with Crippen molar-refractivity contribution in [1.82, 2.24) is 19.9 Å². The Morgan fingerprint density at radius 1 is 0.808 bits per heavy atom. The molecule has 0 bridgehead atoms. The van der Waals surface area contributed by atoms with Gasteiger partial charge in [-0.2, -0.15) is 15.0 Å². The third kappa shape index (κ3) is 4.22. The van der Waals surface area contributed by atoms with Gasteiger partial charge in [0.1, 0.15) is 0 Å². The van der Waals surface area contributed by atoms with E-state index in [2.05, 4.69) is 43.4 Å². The standard InChI is InChI=1S/C18H23IN6O/c19-15-11-14(12-20-13-15)16-21-17(24-5-3-1-2-4-6-24)23-18(22-16)25-7-9-26-10-8-25/h11-13H,1-10H2. The van der Waals surface area contributed by atoms with Crippen molar-refractivity contribution in [2.45, 2.75) is 25.7 Å². The summed E-state index contributed by atoms with van der Waals surface area (Å²) >= 11 is 2.27. The number of halogens is 1. The minimum absolute atomic E-state index is 0.701. The van der Waals surface area contributed by atoms with E-state index in [1.807, 2.05) is 12.4 Å². The van der Waals surface area contributed by atoms with Crippen LogP contribution in [0.2, 0.25) is 0 Å². The van der Waals surface area contributed by atoms with Crippen LogP contribution < -0.4 is 9.80 Å². The molecule has 0 spiro atoms. The lowest BCUT2D eigenvalue weighted by Gasteiger charge is -2.28. The molecule has 4 rings (SSSR count). The van der Waals surface area contributed by atoms with Gasteiger partial charge in [-0.1, -0.05) is 12.8 Å². The maximum absolute atomic E-state index is 5.48. The van der Waals surface area contributed by atoms with E-state index in [1.54, 1.807) is 0 Å². The van der Waals surface area contributed by atoms with Crippen molar-refractivity contribution in [1.29, 1.82) is 0 Å². The average molecular weight is 466 g/mol. The SMILES string of the molecule is Ic1cncc(-c2nc(N3CCCCCC3)nc(N3CCOCC3)n2)c1. The van der Waals surface area contributed by atoms with Crippen LogP contribution in [-0.4, -0.2) is 59.3 Å². The monoisotopic (exact) mass is 466 g/mol. The summed E-state index contributed by atoms with van der Waals surface area (Å²) in [5, 5.41) is 0. The summed E-state index contributed by atoms with van der Waals surface area (Å²) in [6.07, 6.45) is 8.62. The van der Waals surface area contributed by atoms with Gasteiger partial charge in [0.25, 0.3) is 0 Å². The number of rotatable bonds is 3. The molecular formula is C18H23IN6O. The number of anilines is 2. The van der Waals surface area contributed by atoms with Gasteiger partial charge in [0, 0.05) is 47.7 Å². The van der Waals surface area contributed by atoms with E-state index in [-0.39, 0.29) is 0 Å². The number of aromatic nitrogens is 4. The summed E-state index contributed by atoms with van der Waals surface area (Å²) in [7, 11) is 0. The fourth-order valence-electron chi connectivity index (χ4n) is 3.33. The largest absolute Gasteiger partial charge is 0.378 e. The van der Waals surface area contributed by atoms with Crippen LogP contribution in [0, 0.1) is 3.57 Å². The highest BCUT2D eigenvalue weighted by atomic mass is 127. The van der Waals surface area contributed by atoms with Gasteiger partial charge in [-0.3, -0.25) is 4.98 Å². The fraction of sp³-hybridized carbons (Fsp3) is 0.556. The van der Waals surface area contributed by atoms with Crippen LogP contribution in [0.1, 0.15) is 25.7 Å². The lowest BCUT2D eigenvalue weighted by molar-refractivity contribution is 0.122. The number of hydrogen-bond donors (Lipinski definition) is 0. The van der Waals surface area contributed by atoms with Crippen molar-refractivity contribution in [3.8, 4) is 11.4 Å². The van der Waals surface area contributed by atoms with Gasteiger partial charge in [0.2, 0.25) is 11.9 Å². The van der Waals surface area contributed by atoms with E-state index in [1.165, 1.54) is 25.7 Å². The molecule has 0 N–H and O–H groups in total. The molecule has 2 fully saturated rings. The Morgan fingerprint density at radius 3 is 2.12 bits per heavy atom. The van der Waals surface area contributed by atoms with Crippen LogP contribution in [0.15, 0.2) is 18.5 Å². The smallest absolute Gasteiger partial charge is 0.230 e. The Morgan fingerprint density at radius 2 is 1.46 bits per heavy atom. The maximum atomic E-state index is 5.48. The predicted molar refractivity (Wildman–Crippen MR) is 109 cm³/mol. The van der Waals surface area contributed by atoms with Crippen molar-refractivity contribution >= 4 is 34.5 Å². The minimum atomic E-state index is 0.701. The van der Waals surface area contributed by atoms with Gasteiger partial charge in [-0.15, -0.1) is 0 Å². The van der Waals surface area contributed by atoms with Crippen molar-refractivity contribution < 1.29 is 4.74 Å². The molecule has 8 heteroatoms. The lowest BCUT2D eigenvalue weighted by Crippen LogP contribution is -2.38. The maximum Gasteiger partial charge on any atom is 0.230 e. The predicted octanol–water partition coefficient (Wildman–Crippen LogP) is 2.76. The summed E-state index contributed by atoms with van der Waals surface area (Å²) in [4.78, 5) is 23.2. The van der Waals surface area contributed by atoms with Crippen LogP contribution >= 0.6 is 22.6 Å². The van der Waals surface area contributed by atoms with E-state index in [4.69, 9.17) is 19.7 Å². The molecule has 7 nitrogen and oxygen atoms in total. The molecule has 0 atom stereocenters. The van der Waals surface area contributed by atoms with Gasteiger partial charge in [-0.05, 0) is 41.5 Å². The van der Waals surface area contributed by atoms with Crippen molar-refractivity contribution in [3.63, 3.8) is 0 Å². The molecule has 138 valence electrons. The Balaban J connectivity index is 1.73. The third-order valence-electron chi connectivity index (χ3n) is 4.76. The second-order valence-electron chi connectivity index (χ2n) is 6.65. The number of hydrogen-bond acceptors (Lipinski definition) is 7. The van der Waals surface area contributed by atoms with Crippen LogP contribution in [0.4, 0.5) is 11.9 Å². The molecule has 2 saturated heterocycles. The number of ether oxygens (including phenoxy) is 1. The van der Waals surface area contributed by atoms with Gasteiger partial charge in [-0.25, -0.2) is 0 Å². The highest BCUT2D eigenvalue weighted by Gasteiger charge is 2.20. The van der Waals surface area contributed by atoms with Crippen LogP contribution in [0.5, 0.6) is 0 Å². The van der Waals surface area contributed by atoms with E-state index in [0.29, 0.717) is 19.0 Å². The number of pyridine rings is 1. The number of nitrogens with zero attached hydrogens (tertiary/aromatic N) is 6. The second-order valence-corrected chi connectivity index (χ2v) is 7.90. The molecule has 26 heavy (non-hydrogen) atoms. The highest BCUT2D eigenvalue weighted by Crippen LogP contribution is 2.24. The Hall–Kier alpha value is -1.55. The lowest BCUT2D eigenvalue weighted by atomic mass is 10.2. The van der Waals surface area contributed by atoms with Crippen molar-refractivity contribution in [2.24, 2.45) is 0 Å². The zero-order chi connectivity index (χ0) is 17.8. The highest BCUT2D eigenvalue weighted by molar-refractivity contribution is 14.1. The van der Waals surface area contributed by atoms with E-state index < -0.39 is 0 Å². The molecule has 2 aromatic rings. The molecule has 0 aliphatic carbocycles. The second kappa shape index (κ2) is 8.43. The Kier molecular flexibility index (Phi) is 5.78. The Bertz CT molecular complexity index is 744. The molecule has 2 aromatic heterocycles. The van der Waals surface area contributed by atoms with E-state index >= 15 is 0 Å². The summed E-state index contributed by atoms with van der Waals surface area (Å²) in [6, 6.07) is 2.07. The van der Waals surface area contributed by atoms with Gasteiger partial charge < -0.3 is 14.5 Å². The zero-order valence-corrected chi connectivity index (χ0v) is 16.9. The molecule has 0 unspecified atom stereocenters. The van der Waals surface area contributed by atoms with Crippen molar-refractivity contribution in [3.05, 3.63) is 22.0 Å². The van der Waals surface area contributed by atoms with Crippen molar-refractivity contribution in [2.75, 3.05) is 49.2 Å². The summed E-state index contributed by atoms with van der Waals surface area (Å²) in [6.45, 7) is 5.07. The molecule has 0 amide bonds. The minimum Gasteiger partial charge on any atom is -0.378 e. The fourth-order valence-corrected chi connectivity index (χ4v) is 3.83. The first-order valence-corrected chi connectivity index (χ1v) is 10.3. The van der Waals surface area contributed by atoms with E-state index in [9.17, 15) is 0 Å². The van der Waals surface area contributed by atoms with Crippen LogP contribution in [0.25, 0.3) is 11.4 Å². The first kappa shape index (κ1) is 17.8. The third-order valence-corrected chi connectivity index (χ3v) is 5.35. The topological polar surface area (TPSA) is 67.3 Å². The quantitative estimate of drug-likeness (QED) is 0.645. The van der Waals surface area contributed by atoms with Crippen LogP contribution in [-0.2, 0) is 4.74 Å². The van der Waals surface area contributed by atoms with Gasteiger partial charge in [0.05, 0.1) is 13.2 Å². The summed E-state index contributed by atoms with van der Waals surface area (Å²) in [5.41, 5.74) is 0.935. The first-order chi connectivity index (χ1) is 12.8. The molecule has 0 saturated carbocycles. The number of morpholine rings is 1. The summed E-state index contributed by atoms with van der Waals surface area (Å²) < 4.78 is 6.55. The van der Waals surface area contributed by atoms with Gasteiger partial charge in [0.15, 0.2) is 5.82 Å². The summed E-state index contributed by atoms with van der Waals surface area (Å²) in [5.74, 6) is 2.24. The molecular weight excluding hydrogens is 443 g/mol. The molecule has 4 heterocycles. The Labute approximate surface area is 167 Å². The van der Waals surface area contributed by atoms with Gasteiger partial charge >= 0.3 is 0 Å². The molecule has 2 aliphatic heterocycles. The molecule has 2 aliphatic rings. The zero-order valence-electron chi connectivity index (χ0n) is 14.8. The molecule has 0 radical (unpaired) electrons.